The number of carbonyl (C=O) groups is 1. The Hall–Kier alpha value is -0.610. The van der Waals surface area contributed by atoms with E-state index in [2.05, 4.69) is 0 Å². The molecule has 1 saturated carbocycles. The molecular weight excluding hydrogens is 184 g/mol. The smallest absolute Gasteiger partial charge is 0.331 e. The van der Waals surface area contributed by atoms with E-state index < -0.39 is 12.6 Å². The predicted octanol–water partition coefficient (Wildman–Crippen LogP) is 0.321. The number of aliphatic hydroxyl groups excluding tert-OH is 2. The molecule has 0 spiro atoms. The average Bonchev–Trinajstić information content (AvgIpc) is 2.26. The summed E-state index contributed by atoms with van der Waals surface area (Å²) in [6.45, 7) is 0.146. The van der Waals surface area contributed by atoms with Gasteiger partial charge in [-0.3, -0.25) is 0 Å². The van der Waals surface area contributed by atoms with E-state index in [9.17, 15) is 4.79 Å². The molecule has 1 fully saturated rings. The Balaban J connectivity index is 2.13. The molecule has 0 amide bonds. The number of hydrogen-bond acceptors (Lipinski definition) is 4. The van der Waals surface area contributed by atoms with Gasteiger partial charge in [0.2, 0.25) is 0 Å². The molecule has 0 saturated heterocycles. The van der Waals surface area contributed by atoms with E-state index in [0.717, 1.165) is 25.7 Å². The van der Waals surface area contributed by atoms with Crippen molar-refractivity contribution in [3.63, 3.8) is 0 Å². The number of rotatable bonds is 4. The van der Waals surface area contributed by atoms with Crippen LogP contribution in [0.1, 0.15) is 25.7 Å². The van der Waals surface area contributed by atoms with E-state index in [4.69, 9.17) is 14.9 Å². The molecule has 0 heterocycles. The van der Waals surface area contributed by atoms with Crippen LogP contribution in [0.3, 0.4) is 0 Å². The van der Waals surface area contributed by atoms with Crippen LogP contribution in [-0.2, 0) is 9.53 Å². The Kier molecular flexibility index (Phi) is 4.90. The van der Waals surface area contributed by atoms with Crippen LogP contribution in [0.25, 0.3) is 0 Å². The highest BCUT2D eigenvalue weighted by Crippen LogP contribution is 2.28. The number of aliphatic hydroxyl groups is 2. The van der Waals surface area contributed by atoms with Crippen molar-refractivity contribution in [3.05, 3.63) is 0 Å². The summed E-state index contributed by atoms with van der Waals surface area (Å²) in [5, 5.41) is 17.4. The topological polar surface area (TPSA) is 66.8 Å². The van der Waals surface area contributed by atoms with Gasteiger partial charge in [0.1, 0.15) is 6.61 Å². The molecule has 4 nitrogen and oxygen atoms in total. The Morgan fingerprint density at radius 3 is 2.21 bits per heavy atom. The number of ether oxygens (including phenoxy) is 1. The standard InChI is InChI=1S/C10H18O4/c11-5-8-1-3-9(4-2-8)7-14-10(13)6-12/h8-9,11-12H,1-7H2. The lowest BCUT2D eigenvalue weighted by Gasteiger charge is -2.26. The first-order valence-electron chi connectivity index (χ1n) is 5.13. The highest BCUT2D eigenvalue weighted by atomic mass is 16.5. The van der Waals surface area contributed by atoms with Crippen LogP contribution in [0.2, 0.25) is 0 Å². The SMILES string of the molecule is O=C(CO)OCC1CCC(CO)CC1. The summed E-state index contributed by atoms with van der Waals surface area (Å²) in [7, 11) is 0. The summed E-state index contributed by atoms with van der Waals surface area (Å²) in [4.78, 5) is 10.7. The molecule has 0 aromatic carbocycles. The van der Waals surface area contributed by atoms with Crippen molar-refractivity contribution in [2.45, 2.75) is 25.7 Å². The lowest BCUT2D eigenvalue weighted by molar-refractivity contribution is -0.148. The summed E-state index contributed by atoms with van der Waals surface area (Å²) < 4.78 is 4.85. The second-order valence-electron chi connectivity index (χ2n) is 3.91. The van der Waals surface area contributed by atoms with Crippen molar-refractivity contribution >= 4 is 5.97 Å². The van der Waals surface area contributed by atoms with Crippen LogP contribution >= 0.6 is 0 Å². The van der Waals surface area contributed by atoms with Gasteiger partial charge in [-0.25, -0.2) is 4.79 Å². The van der Waals surface area contributed by atoms with Crippen molar-refractivity contribution in [1.82, 2.24) is 0 Å². The van der Waals surface area contributed by atoms with Crippen LogP contribution in [-0.4, -0.2) is 36.0 Å². The third-order valence-electron chi connectivity index (χ3n) is 2.83. The van der Waals surface area contributed by atoms with E-state index >= 15 is 0 Å². The highest BCUT2D eigenvalue weighted by Gasteiger charge is 2.21. The second-order valence-corrected chi connectivity index (χ2v) is 3.91. The molecule has 0 aromatic rings. The maximum atomic E-state index is 10.7. The van der Waals surface area contributed by atoms with Gasteiger partial charge in [0.05, 0.1) is 6.61 Å². The molecule has 0 bridgehead atoms. The lowest BCUT2D eigenvalue weighted by atomic mass is 9.83. The van der Waals surface area contributed by atoms with Crippen molar-refractivity contribution in [2.75, 3.05) is 19.8 Å². The fourth-order valence-corrected chi connectivity index (χ4v) is 1.84. The fourth-order valence-electron chi connectivity index (χ4n) is 1.84. The molecule has 1 rings (SSSR count). The first-order chi connectivity index (χ1) is 6.76. The Bertz CT molecular complexity index is 173. The second kappa shape index (κ2) is 5.98. The first kappa shape index (κ1) is 11.5. The molecule has 4 heteroatoms. The van der Waals surface area contributed by atoms with Crippen molar-refractivity contribution in [2.24, 2.45) is 11.8 Å². The normalized spacial score (nSPS) is 27.3. The minimum atomic E-state index is -0.547. The zero-order valence-corrected chi connectivity index (χ0v) is 8.32. The summed E-state index contributed by atoms with van der Waals surface area (Å²) >= 11 is 0. The number of carbonyl (C=O) groups excluding carboxylic acids is 1. The summed E-state index contributed by atoms with van der Waals surface area (Å²) in [5.74, 6) is 0.294. The monoisotopic (exact) mass is 202 g/mol. The van der Waals surface area contributed by atoms with Gasteiger partial charge in [-0.15, -0.1) is 0 Å². The van der Waals surface area contributed by atoms with Crippen LogP contribution < -0.4 is 0 Å². The molecule has 1 aliphatic rings. The van der Waals surface area contributed by atoms with Crippen LogP contribution in [0.15, 0.2) is 0 Å². The minimum Gasteiger partial charge on any atom is -0.464 e. The highest BCUT2D eigenvalue weighted by molar-refractivity contribution is 5.70. The first-order valence-corrected chi connectivity index (χ1v) is 5.13. The van der Waals surface area contributed by atoms with Crippen molar-refractivity contribution in [3.8, 4) is 0 Å². The average molecular weight is 202 g/mol. The molecule has 0 atom stereocenters. The zero-order chi connectivity index (χ0) is 10.4. The van der Waals surface area contributed by atoms with Gasteiger partial charge in [0.25, 0.3) is 0 Å². The molecule has 1 aliphatic carbocycles. The summed E-state index contributed by atoms with van der Waals surface area (Å²) in [6.07, 6.45) is 4.03. The Labute approximate surface area is 83.9 Å². The molecule has 0 radical (unpaired) electrons. The quantitative estimate of drug-likeness (QED) is 0.644. The van der Waals surface area contributed by atoms with E-state index in [1.54, 1.807) is 0 Å². The van der Waals surface area contributed by atoms with Gasteiger partial charge >= 0.3 is 5.97 Å². The Morgan fingerprint density at radius 1 is 1.14 bits per heavy atom. The van der Waals surface area contributed by atoms with Gasteiger partial charge in [-0.2, -0.15) is 0 Å². The van der Waals surface area contributed by atoms with Gasteiger partial charge in [0, 0.05) is 6.61 Å². The fraction of sp³-hybridized carbons (Fsp3) is 0.900. The summed E-state index contributed by atoms with van der Waals surface area (Å²) in [6, 6.07) is 0. The van der Waals surface area contributed by atoms with E-state index in [0.29, 0.717) is 18.4 Å². The summed E-state index contributed by atoms with van der Waals surface area (Å²) in [5.41, 5.74) is 0. The van der Waals surface area contributed by atoms with E-state index in [1.807, 2.05) is 0 Å². The number of hydrogen-bond donors (Lipinski definition) is 2. The lowest BCUT2D eigenvalue weighted by Crippen LogP contribution is -2.22. The van der Waals surface area contributed by atoms with Crippen molar-refractivity contribution in [1.29, 1.82) is 0 Å². The molecule has 0 aliphatic heterocycles. The zero-order valence-electron chi connectivity index (χ0n) is 8.32. The largest absolute Gasteiger partial charge is 0.464 e. The molecular formula is C10H18O4. The minimum absolute atomic E-state index is 0.267. The molecule has 0 aromatic heterocycles. The van der Waals surface area contributed by atoms with Gasteiger partial charge in [0.15, 0.2) is 0 Å². The Morgan fingerprint density at radius 2 is 1.71 bits per heavy atom. The van der Waals surface area contributed by atoms with E-state index in [-0.39, 0.29) is 6.61 Å². The van der Waals surface area contributed by atoms with Gasteiger partial charge < -0.3 is 14.9 Å². The maximum absolute atomic E-state index is 10.7. The molecule has 14 heavy (non-hydrogen) atoms. The molecule has 2 N–H and O–H groups in total. The third-order valence-corrected chi connectivity index (χ3v) is 2.83. The number of esters is 1. The van der Waals surface area contributed by atoms with Crippen molar-refractivity contribution < 1.29 is 19.7 Å². The maximum Gasteiger partial charge on any atom is 0.331 e. The molecule has 82 valence electrons. The predicted molar refractivity (Wildman–Crippen MR) is 50.6 cm³/mol. The molecule has 0 unspecified atom stereocenters. The van der Waals surface area contributed by atoms with Gasteiger partial charge in [-0.05, 0) is 37.5 Å². The van der Waals surface area contributed by atoms with Crippen LogP contribution in [0, 0.1) is 11.8 Å². The van der Waals surface area contributed by atoms with E-state index in [1.165, 1.54) is 0 Å². The van der Waals surface area contributed by atoms with Crippen LogP contribution in [0.4, 0.5) is 0 Å². The third kappa shape index (κ3) is 3.64. The van der Waals surface area contributed by atoms with Crippen LogP contribution in [0.5, 0.6) is 0 Å². The van der Waals surface area contributed by atoms with Gasteiger partial charge in [-0.1, -0.05) is 0 Å².